The molecule has 0 radical (unpaired) electrons. The van der Waals surface area contributed by atoms with Crippen molar-refractivity contribution < 1.29 is 9.53 Å². The monoisotopic (exact) mass is 227 g/mol. The van der Waals surface area contributed by atoms with Gasteiger partial charge in [-0.3, -0.25) is 4.79 Å². The minimum atomic E-state index is -0.0841. The third kappa shape index (κ3) is 2.94. The van der Waals surface area contributed by atoms with Crippen LogP contribution in [-0.2, 0) is 9.53 Å². The van der Waals surface area contributed by atoms with E-state index >= 15 is 0 Å². The lowest BCUT2D eigenvalue weighted by Gasteiger charge is -2.17. The second-order valence-corrected chi connectivity index (χ2v) is 3.73. The molecule has 0 aromatic heterocycles. The number of ether oxygens (including phenoxy) is 1. The van der Waals surface area contributed by atoms with Gasteiger partial charge in [-0.05, 0) is 30.7 Å². The zero-order chi connectivity index (χ0) is 11.4. The van der Waals surface area contributed by atoms with E-state index in [4.69, 9.17) is 16.3 Å². The SMILES string of the molecule is COCC(=O)N(C)c1ccc(Cl)c(C)c1. The highest BCUT2D eigenvalue weighted by molar-refractivity contribution is 6.31. The van der Waals surface area contributed by atoms with Gasteiger partial charge in [-0.1, -0.05) is 11.6 Å². The van der Waals surface area contributed by atoms with Crippen molar-refractivity contribution in [3.05, 3.63) is 28.8 Å². The summed E-state index contributed by atoms with van der Waals surface area (Å²) in [6, 6.07) is 5.46. The summed E-state index contributed by atoms with van der Waals surface area (Å²) in [5, 5.41) is 0.700. The quantitative estimate of drug-likeness (QED) is 0.793. The lowest BCUT2D eigenvalue weighted by molar-refractivity contribution is -0.121. The van der Waals surface area contributed by atoms with E-state index in [2.05, 4.69) is 0 Å². The highest BCUT2D eigenvalue weighted by Gasteiger charge is 2.10. The first kappa shape index (κ1) is 12.0. The van der Waals surface area contributed by atoms with Gasteiger partial charge in [0.2, 0.25) is 0 Å². The van der Waals surface area contributed by atoms with Crippen LogP contribution >= 0.6 is 11.6 Å². The number of benzene rings is 1. The summed E-state index contributed by atoms with van der Waals surface area (Å²) in [5.74, 6) is -0.0841. The van der Waals surface area contributed by atoms with Crippen LogP contribution in [0.15, 0.2) is 18.2 Å². The average Bonchev–Trinajstić information content (AvgIpc) is 2.21. The standard InChI is InChI=1S/C11H14ClNO2/c1-8-6-9(4-5-10(8)12)13(2)11(14)7-15-3/h4-6H,7H2,1-3H3. The number of aryl methyl sites for hydroxylation is 1. The van der Waals surface area contributed by atoms with Gasteiger partial charge in [0, 0.05) is 24.9 Å². The van der Waals surface area contributed by atoms with Crippen LogP contribution in [0.3, 0.4) is 0 Å². The zero-order valence-electron chi connectivity index (χ0n) is 9.08. The van der Waals surface area contributed by atoms with Gasteiger partial charge in [0.25, 0.3) is 5.91 Å². The van der Waals surface area contributed by atoms with Crippen LogP contribution in [0.5, 0.6) is 0 Å². The van der Waals surface area contributed by atoms with Gasteiger partial charge in [-0.25, -0.2) is 0 Å². The number of anilines is 1. The molecule has 82 valence electrons. The normalized spacial score (nSPS) is 10.1. The van der Waals surface area contributed by atoms with Gasteiger partial charge in [0.15, 0.2) is 0 Å². The Labute approximate surface area is 94.6 Å². The van der Waals surface area contributed by atoms with Gasteiger partial charge < -0.3 is 9.64 Å². The second kappa shape index (κ2) is 5.14. The van der Waals surface area contributed by atoms with Crippen LogP contribution < -0.4 is 4.90 Å². The molecule has 0 atom stereocenters. The minimum absolute atomic E-state index is 0.0815. The number of carbonyl (C=O) groups excluding carboxylic acids is 1. The maximum Gasteiger partial charge on any atom is 0.252 e. The molecule has 0 aliphatic rings. The van der Waals surface area contributed by atoms with Crippen molar-refractivity contribution in [2.75, 3.05) is 25.7 Å². The summed E-state index contributed by atoms with van der Waals surface area (Å²) >= 11 is 5.90. The van der Waals surface area contributed by atoms with E-state index in [1.807, 2.05) is 19.1 Å². The lowest BCUT2D eigenvalue weighted by Crippen LogP contribution is -2.29. The Morgan fingerprint density at radius 3 is 2.73 bits per heavy atom. The smallest absolute Gasteiger partial charge is 0.252 e. The van der Waals surface area contributed by atoms with E-state index in [0.29, 0.717) is 5.02 Å². The van der Waals surface area contributed by atoms with Crippen molar-refractivity contribution in [3.63, 3.8) is 0 Å². The fourth-order valence-corrected chi connectivity index (χ4v) is 1.32. The Bertz CT molecular complexity index is 366. The van der Waals surface area contributed by atoms with E-state index in [1.165, 1.54) is 7.11 Å². The summed E-state index contributed by atoms with van der Waals surface area (Å²) in [5.41, 5.74) is 1.77. The molecule has 0 heterocycles. The third-order valence-corrected chi connectivity index (χ3v) is 2.59. The Kier molecular flexibility index (Phi) is 4.12. The molecule has 0 spiro atoms. The van der Waals surface area contributed by atoms with Crippen LogP contribution in [0.1, 0.15) is 5.56 Å². The minimum Gasteiger partial charge on any atom is -0.375 e. The van der Waals surface area contributed by atoms with Gasteiger partial charge in [-0.15, -0.1) is 0 Å². The molecule has 0 saturated carbocycles. The number of methoxy groups -OCH3 is 1. The molecule has 0 N–H and O–H groups in total. The molecule has 1 amide bonds. The first-order valence-corrected chi connectivity index (χ1v) is 4.95. The molecule has 0 unspecified atom stereocenters. The second-order valence-electron chi connectivity index (χ2n) is 3.32. The fourth-order valence-electron chi connectivity index (χ4n) is 1.20. The molecular weight excluding hydrogens is 214 g/mol. The lowest BCUT2D eigenvalue weighted by atomic mass is 10.2. The molecule has 1 rings (SSSR count). The van der Waals surface area contributed by atoms with Gasteiger partial charge in [-0.2, -0.15) is 0 Å². The molecule has 0 aliphatic heterocycles. The van der Waals surface area contributed by atoms with Gasteiger partial charge in [0.1, 0.15) is 6.61 Å². The summed E-state index contributed by atoms with van der Waals surface area (Å²) in [4.78, 5) is 13.1. The maximum absolute atomic E-state index is 11.5. The maximum atomic E-state index is 11.5. The molecule has 0 saturated heterocycles. The summed E-state index contributed by atoms with van der Waals surface area (Å²) in [6.07, 6.45) is 0. The fraction of sp³-hybridized carbons (Fsp3) is 0.364. The van der Waals surface area contributed by atoms with Crippen molar-refractivity contribution in [2.24, 2.45) is 0 Å². The summed E-state index contributed by atoms with van der Waals surface area (Å²) in [7, 11) is 3.21. The Morgan fingerprint density at radius 1 is 1.53 bits per heavy atom. The van der Waals surface area contributed by atoms with E-state index in [9.17, 15) is 4.79 Å². The number of carbonyl (C=O) groups is 1. The van der Waals surface area contributed by atoms with Crippen molar-refractivity contribution in [3.8, 4) is 0 Å². The topological polar surface area (TPSA) is 29.5 Å². The number of likely N-dealkylation sites (N-methyl/N-ethyl adjacent to an activating group) is 1. The molecule has 0 fully saturated rings. The van der Waals surface area contributed by atoms with E-state index in [-0.39, 0.29) is 12.5 Å². The molecule has 0 aliphatic carbocycles. The highest BCUT2D eigenvalue weighted by atomic mass is 35.5. The van der Waals surface area contributed by atoms with Crippen LogP contribution in [0.2, 0.25) is 5.02 Å². The van der Waals surface area contributed by atoms with Crippen LogP contribution in [0.25, 0.3) is 0 Å². The predicted octanol–water partition coefficient (Wildman–Crippen LogP) is 2.26. The molecule has 4 heteroatoms. The zero-order valence-corrected chi connectivity index (χ0v) is 9.84. The van der Waals surface area contributed by atoms with Crippen molar-refractivity contribution >= 4 is 23.2 Å². The number of rotatable bonds is 3. The Morgan fingerprint density at radius 2 is 2.20 bits per heavy atom. The number of hydrogen-bond donors (Lipinski definition) is 0. The molecular formula is C11H14ClNO2. The molecule has 0 bridgehead atoms. The van der Waals surface area contributed by atoms with Crippen LogP contribution in [0.4, 0.5) is 5.69 Å². The Balaban J connectivity index is 2.86. The van der Waals surface area contributed by atoms with E-state index < -0.39 is 0 Å². The number of amides is 1. The summed E-state index contributed by atoms with van der Waals surface area (Å²) < 4.78 is 4.78. The number of halogens is 1. The summed E-state index contributed by atoms with van der Waals surface area (Å²) in [6.45, 7) is 1.98. The number of hydrogen-bond acceptors (Lipinski definition) is 2. The third-order valence-electron chi connectivity index (χ3n) is 2.17. The number of nitrogens with zero attached hydrogens (tertiary/aromatic N) is 1. The Hall–Kier alpha value is -1.06. The molecule has 1 aromatic carbocycles. The van der Waals surface area contributed by atoms with Crippen LogP contribution in [-0.4, -0.2) is 26.7 Å². The first-order valence-electron chi connectivity index (χ1n) is 4.58. The molecule has 3 nitrogen and oxygen atoms in total. The largest absolute Gasteiger partial charge is 0.375 e. The van der Waals surface area contributed by atoms with E-state index in [0.717, 1.165) is 11.3 Å². The van der Waals surface area contributed by atoms with Crippen molar-refractivity contribution in [1.82, 2.24) is 0 Å². The van der Waals surface area contributed by atoms with Crippen LogP contribution in [0, 0.1) is 6.92 Å². The van der Waals surface area contributed by atoms with E-state index in [1.54, 1.807) is 18.0 Å². The molecule has 15 heavy (non-hydrogen) atoms. The molecule has 1 aromatic rings. The van der Waals surface area contributed by atoms with Crippen molar-refractivity contribution in [2.45, 2.75) is 6.92 Å². The van der Waals surface area contributed by atoms with Gasteiger partial charge in [0.05, 0.1) is 0 Å². The first-order chi connectivity index (χ1) is 7.06. The predicted molar refractivity (Wildman–Crippen MR) is 61.5 cm³/mol. The highest BCUT2D eigenvalue weighted by Crippen LogP contribution is 2.21. The van der Waals surface area contributed by atoms with Crippen molar-refractivity contribution in [1.29, 1.82) is 0 Å². The van der Waals surface area contributed by atoms with Gasteiger partial charge >= 0.3 is 0 Å². The average molecular weight is 228 g/mol.